The third-order valence-electron chi connectivity index (χ3n) is 5.85. The van der Waals surface area contributed by atoms with E-state index in [9.17, 15) is 9.59 Å². The molecule has 0 bridgehead atoms. The van der Waals surface area contributed by atoms with E-state index in [4.69, 9.17) is 9.73 Å². The summed E-state index contributed by atoms with van der Waals surface area (Å²) in [6, 6.07) is 18.0. The van der Waals surface area contributed by atoms with Crippen LogP contribution >= 0.6 is 22.6 Å². The number of benzene rings is 2. The van der Waals surface area contributed by atoms with Gasteiger partial charge in [-0.15, -0.1) is 0 Å². The summed E-state index contributed by atoms with van der Waals surface area (Å²) in [5.41, 5.74) is 4.35. The molecule has 29 heavy (non-hydrogen) atoms. The minimum Gasteiger partial charge on any atom is -0.468 e. The molecule has 0 radical (unpaired) electrons. The lowest BCUT2D eigenvalue weighted by molar-refractivity contribution is -0.143. The van der Waals surface area contributed by atoms with E-state index >= 15 is 0 Å². The highest BCUT2D eigenvalue weighted by atomic mass is 127. The summed E-state index contributed by atoms with van der Waals surface area (Å²) in [7, 11) is 1.39. The second-order valence-corrected chi connectivity index (χ2v) is 8.71. The van der Waals surface area contributed by atoms with Crippen LogP contribution in [0.5, 0.6) is 0 Å². The third kappa shape index (κ3) is 3.68. The summed E-state index contributed by atoms with van der Waals surface area (Å²) in [5, 5.41) is 0. The number of carbonyl (C=O) groups excluding carboxylic acids is 2. The number of esters is 1. The average molecular weight is 499 g/mol. The van der Waals surface area contributed by atoms with Gasteiger partial charge in [0, 0.05) is 32.9 Å². The summed E-state index contributed by atoms with van der Waals surface area (Å²) in [5.74, 6) is -1.08. The van der Waals surface area contributed by atoms with Crippen molar-refractivity contribution in [3.8, 4) is 0 Å². The van der Waals surface area contributed by atoms with Gasteiger partial charge < -0.3 is 4.74 Å². The van der Waals surface area contributed by atoms with Crippen LogP contribution in [-0.4, -0.2) is 24.6 Å². The lowest BCUT2D eigenvalue weighted by Crippen LogP contribution is -2.38. The van der Waals surface area contributed by atoms with Gasteiger partial charge in [-0.25, -0.2) is 0 Å². The standard InChI is InChI=1S/C24H22INO3/c1-14-21(24(28)29-2)22(17-10-6-7-11-18(17)25)23-19(26-14)12-16(13-20(23)27)15-8-4-3-5-9-15/h3-11,16,21-22H,12-13H2,1-2H3/t16-,21?,22-/m0/s1. The predicted octanol–water partition coefficient (Wildman–Crippen LogP) is 5.04. The summed E-state index contributed by atoms with van der Waals surface area (Å²) in [6.45, 7) is 1.87. The number of methoxy groups -OCH3 is 1. The van der Waals surface area contributed by atoms with Crippen molar-refractivity contribution in [2.45, 2.75) is 31.6 Å². The zero-order chi connectivity index (χ0) is 20.5. The monoisotopic (exact) mass is 499 g/mol. The Kier molecular flexibility index (Phi) is 5.67. The zero-order valence-electron chi connectivity index (χ0n) is 16.4. The normalized spacial score (nSPS) is 24.0. The number of carbonyl (C=O) groups is 2. The van der Waals surface area contributed by atoms with Crippen LogP contribution in [0.15, 0.2) is 70.9 Å². The van der Waals surface area contributed by atoms with Gasteiger partial charge in [-0.1, -0.05) is 48.5 Å². The summed E-state index contributed by atoms with van der Waals surface area (Å²) in [4.78, 5) is 30.8. The smallest absolute Gasteiger partial charge is 0.315 e. The van der Waals surface area contributed by atoms with Gasteiger partial charge in [0.1, 0.15) is 5.92 Å². The highest BCUT2D eigenvalue weighted by Crippen LogP contribution is 2.47. The van der Waals surface area contributed by atoms with Crippen LogP contribution < -0.4 is 0 Å². The molecule has 1 aliphatic carbocycles. The van der Waals surface area contributed by atoms with Gasteiger partial charge in [-0.05, 0) is 59.0 Å². The molecule has 0 fully saturated rings. The number of aliphatic imine (C=N–C) groups is 1. The Labute approximate surface area is 184 Å². The molecule has 0 amide bonds. The molecule has 0 N–H and O–H groups in total. The summed E-state index contributed by atoms with van der Waals surface area (Å²) >= 11 is 2.27. The van der Waals surface area contributed by atoms with Crippen LogP contribution in [0.1, 0.15) is 42.7 Å². The van der Waals surface area contributed by atoms with E-state index in [0.717, 1.165) is 20.4 Å². The van der Waals surface area contributed by atoms with Crippen LogP contribution in [0.3, 0.4) is 0 Å². The number of halogens is 1. The molecule has 4 rings (SSSR count). The molecule has 5 heteroatoms. The van der Waals surface area contributed by atoms with Gasteiger partial charge in [0.05, 0.1) is 7.11 Å². The highest BCUT2D eigenvalue weighted by molar-refractivity contribution is 14.1. The van der Waals surface area contributed by atoms with Crippen LogP contribution in [0.25, 0.3) is 0 Å². The van der Waals surface area contributed by atoms with Crippen molar-refractivity contribution in [1.82, 2.24) is 0 Å². The van der Waals surface area contributed by atoms with E-state index in [2.05, 4.69) is 34.7 Å². The minimum atomic E-state index is -0.577. The number of ketones is 1. The highest BCUT2D eigenvalue weighted by Gasteiger charge is 2.45. The lowest BCUT2D eigenvalue weighted by Gasteiger charge is -2.36. The van der Waals surface area contributed by atoms with E-state index in [1.54, 1.807) is 0 Å². The van der Waals surface area contributed by atoms with E-state index < -0.39 is 5.92 Å². The topological polar surface area (TPSA) is 55.7 Å². The second kappa shape index (κ2) is 8.22. The molecule has 1 unspecified atom stereocenters. The van der Waals surface area contributed by atoms with Crippen molar-refractivity contribution in [2.75, 3.05) is 7.11 Å². The molecule has 3 atom stereocenters. The predicted molar refractivity (Wildman–Crippen MR) is 121 cm³/mol. The number of hydrogen-bond acceptors (Lipinski definition) is 4. The number of rotatable bonds is 3. The molecule has 0 saturated carbocycles. The van der Waals surface area contributed by atoms with Crippen LogP contribution in [0.2, 0.25) is 0 Å². The maximum Gasteiger partial charge on any atom is 0.315 e. The van der Waals surface area contributed by atoms with Crippen LogP contribution in [0, 0.1) is 9.49 Å². The maximum absolute atomic E-state index is 13.4. The minimum absolute atomic E-state index is 0.0786. The fourth-order valence-electron chi connectivity index (χ4n) is 4.52. The first-order chi connectivity index (χ1) is 14.0. The molecule has 0 aromatic heterocycles. The van der Waals surface area contributed by atoms with Gasteiger partial charge in [-0.2, -0.15) is 0 Å². The Morgan fingerprint density at radius 1 is 1.07 bits per heavy atom. The Morgan fingerprint density at radius 3 is 2.45 bits per heavy atom. The first-order valence-corrected chi connectivity index (χ1v) is 10.8. The van der Waals surface area contributed by atoms with Crippen molar-refractivity contribution in [1.29, 1.82) is 0 Å². The Bertz CT molecular complexity index is 1030. The van der Waals surface area contributed by atoms with Gasteiger partial charge in [0.15, 0.2) is 5.78 Å². The fourth-order valence-corrected chi connectivity index (χ4v) is 5.24. The molecule has 1 aliphatic heterocycles. The van der Waals surface area contributed by atoms with Crippen molar-refractivity contribution in [3.63, 3.8) is 0 Å². The first-order valence-electron chi connectivity index (χ1n) is 9.70. The molecule has 2 aromatic carbocycles. The summed E-state index contributed by atoms with van der Waals surface area (Å²) < 4.78 is 6.13. The van der Waals surface area contributed by atoms with Crippen molar-refractivity contribution in [3.05, 3.63) is 80.6 Å². The van der Waals surface area contributed by atoms with Crippen molar-refractivity contribution < 1.29 is 14.3 Å². The largest absolute Gasteiger partial charge is 0.468 e. The van der Waals surface area contributed by atoms with Crippen LogP contribution in [-0.2, 0) is 14.3 Å². The quantitative estimate of drug-likeness (QED) is 0.440. The van der Waals surface area contributed by atoms with Gasteiger partial charge in [0.25, 0.3) is 0 Å². The lowest BCUT2D eigenvalue weighted by atomic mass is 9.69. The molecular formula is C24H22INO3. The Hall–Kier alpha value is -2.28. The van der Waals surface area contributed by atoms with E-state index in [1.165, 1.54) is 7.11 Å². The average Bonchev–Trinajstić information content (AvgIpc) is 2.73. The van der Waals surface area contributed by atoms with Gasteiger partial charge >= 0.3 is 5.97 Å². The number of ether oxygens (including phenoxy) is 1. The molecular weight excluding hydrogens is 477 g/mol. The molecule has 0 saturated heterocycles. The Morgan fingerprint density at radius 2 is 1.76 bits per heavy atom. The van der Waals surface area contributed by atoms with E-state index in [-0.39, 0.29) is 23.6 Å². The van der Waals surface area contributed by atoms with E-state index in [1.807, 2.05) is 49.4 Å². The molecule has 4 nitrogen and oxygen atoms in total. The van der Waals surface area contributed by atoms with Crippen molar-refractivity contribution >= 4 is 40.1 Å². The van der Waals surface area contributed by atoms with Crippen LogP contribution in [0.4, 0.5) is 0 Å². The van der Waals surface area contributed by atoms with Crippen molar-refractivity contribution in [2.24, 2.45) is 10.9 Å². The summed E-state index contributed by atoms with van der Waals surface area (Å²) in [6.07, 6.45) is 1.14. The zero-order valence-corrected chi connectivity index (χ0v) is 18.5. The number of nitrogens with zero attached hydrogens (tertiary/aromatic N) is 1. The number of Topliss-reactive ketones (excluding diaryl/α,β-unsaturated/α-hetero) is 1. The SMILES string of the molecule is COC(=O)C1C(C)=NC2=C(C(=O)C[C@@H](c3ccccc3)C2)[C@H]1c1ccccc1I. The second-order valence-electron chi connectivity index (χ2n) is 7.55. The number of hydrogen-bond donors (Lipinski definition) is 0. The fraction of sp³-hybridized carbons (Fsp3) is 0.292. The Balaban J connectivity index is 1.84. The third-order valence-corrected chi connectivity index (χ3v) is 6.84. The molecule has 148 valence electrons. The van der Waals surface area contributed by atoms with Gasteiger partial charge in [0.2, 0.25) is 0 Å². The maximum atomic E-state index is 13.4. The number of allylic oxidation sites excluding steroid dienone is 2. The van der Waals surface area contributed by atoms with E-state index in [0.29, 0.717) is 24.1 Å². The molecule has 0 spiro atoms. The van der Waals surface area contributed by atoms with Gasteiger partial charge in [-0.3, -0.25) is 14.6 Å². The first kappa shape index (κ1) is 20.0. The molecule has 1 heterocycles. The molecule has 2 aliphatic rings. The molecule has 2 aromatic rings.